The predicted molar refractivity (Wildman–Crippen MR) is 69.8 cm³/mol. The van der Waals surface area contributed by atoms with Gasteiger partial charge in [-0.3, -0.25) is 9.48 Å². The quantitative estimate of drug-likeness (QED) is 0.869. The molecule has 0 saturated heterocycles. The van der Waals surface area contributed by atoms with Crippen molar-refractivity contribution in [2.24, 2.45) is 5.41 Å². The summed E-state index contributed by atoms with van der Waals surface area (Å²) >= 11 is 0. The van der Waals surface area contributed by atoms with Gasteiger partial charge in [-0.15, -0.1) is 0 Å². The highest BCUT2D eigenvalue weighted by atomic mass is 16.4. The fraction of sp³-hybridized carbons (Fsp3) is 0.615. The third-order valence-corrected chi connectivity index (χ3v) is 3.94. The first-order valence-electron chi connectivity index (χ1n) is 6.36. The number of carboxylic acids is 1. The van der Waals surface area contributed by atoms with Crippen molar-refractivity contribution in [2.75, 3.05) is 5.32 Å². The third kappa shape index (κ3) is 2.34. The molecular formula is C13H19N3O3. The summed E-state index contributed by atoms with van der Waals surface area (Å²) in [5.74, 6) is -0.995. The summed E-state index contributed by atoms with van der Waals surface area (Å²) in [4.78, 5) is 23.2. The highest BCUT2D eigenvalue weighted by Crippen LogP contribution is 2.41. The van der Waals surface area contributed by atoms with Crippen LogP contribution in [0.3, 0.4) is 0 Å². The van der Waals surface area contributed by atoms with Gasteiger partial charge in [0.1, 0.15) is 0 Å². The Bertz CT molecular complexity index is 515. The summed E-state index contributed by atoms with van der Waals surface area (Å²) in [5, 5.41) is 15.9. The molecule has 104 valence electrons. The van der Waals surface area contributed by atoms with Gasteiger partial charge >= 0.3 is 5.97 Å². The molecule has 1 amide bonds. The molecule has 19 heavy (non-hydrogen) atoms. The molecule has 1 aliphatic rings. The van der Waals surface area contributed by atoms with E-state index in [0.29, 0.717) is 5.69 Å². The van der Waals surface area contributed by atoms with Gasteiger partial charge < -0.3 is 10.4 Å². The Kier molecular flexibility index (Phi) is 3.12. The average molecular weight is 265 g/mol. The first-order valence-corrected chi connectivity index (χ1v) is 6.36. The lowest BCUT2D eigenvalue weighted by Gasteiger charge is -2.36. The van der Waals surface area contributed by atoms with E-state index in [0.717, 1.165) is 19.3 Å². The lowest BCUT2D eigenvalue weighted by Crippen LogP contribution is -2.39. The van der Waals surface area contributed by atoms with Gasteiger partial charge in [0.15, 0.2) is 5.54 Å². The number of carbonyl (C=O) groups excluding carboxylic acids is 1. The Morgan fingerprint density at radius 1 is 1.47 bits per heavy atom. The molecule has 6 heteroatoms. The van der Waals surface area contributed by atoms with E-state index in [1.165, 1.54) is 10.9 Å². The number of anilines is 1. The highest BCUT2D eigenvalue weighted by Gasteiger charge is 2.39. The number of amides is 1. The maximum absolute atomic E-state index is 12.0. The molecule has 1 saturated carbocycles. The summed E-state index contributed by atoms with van der Waals surface area (Å²) in [7, 11) is 0. The van der Waals surface area contributed by atoms with E-state index >= 15 is 0 Å². The molecule has 0 atom stereocenters. The Balaban J connectivity index is 2.10. The molecule has 0 spiro atoms. The van der Waals surface area contributed by atoms with Crippen LogP contribution in [0.1, 0.15) is 40.0 Å². The Morgan fingerprint density at radius 3 is 2.58 bits per heavy atom. The van der Waals surface area contributed by atoms with Gasteiger partial charge in [-0.2, -0.15) is 5.10 Å². The molecule has 0 aromatic carbocycles. The van der Waals surface area contributed by atoms with Crippen LogP contribution in [0.15, 0.2) is 12.4 Å². The molecule has 0 bridgehead atoms. The molecule has 0 radical (unpaired) electrons. The molecule has 6 nitrogen and oxygen atoms in total. The van der Waals surface area contributed by atoms with E-state index in [1.54, 1.807) is 20.0 Å². The Labute approximate surface area is 111 Å². The van der Waals surface area contributed by atoms with Crippen molar-refractivity contribution < 1.29 is 14.7 Å². The van der Waals surface area contributed by atoms with Crippen molar-refractivity contribution in [2.45, 2.75) is 45.6 Å². The van der Waals surface area contributed by atoms with Gasteiger partial charge in [0, 0.05) is 11.6 Å². The van der Waals surface area contributed by atoms with Gasteiger partial charge in [-0.25, -0.2) is 4.79 Å². The maximum atomic E-state index is 12.0. The van der Waals surface area contributed by atoms with Gasteiger partial charge in [-0.05, 0) is 26.7 Å². The predicted octanol–water partition coefficient (Wildman–Crippen LogP) is 1.83. The molecule has 1 fully saturated rings. The summed E-state index contributed by atoms with van der Waals surface area (Å²) in [5.41, 5.74) is -0.888. The number of carboxylic acid groups (broad SMARTS) is 1. The van der Waals surface area contributed by atoms with Gasteiger partial charge in [0.2, 0.25) is 5.91 Å². The van der Waals surface area contributed by atoms with Crippen molar-refractivity contribution in [3.8, 4) is 0 Å². The standard InChI is InChI=1S/C13H19N3O3/c1-12(2,11(18)19)16-8-9(7-14-16)15-10(17)13(3)5-4-6-13/h7-8H,4-6H2,1-3H3,(H,15,17)(H,18,19). The van der Waals surface area contributed by atoms with Crippen LogP contribution in [-0.2, 0) is 15.1 Å². The molecule has 2 N–H and O–H groups in total. The number of nitrogens with zero attached hydrogens (tertiary/aromatic N) is 2. The number of aromatic nitrogens is 2. The van der Waals surface area contributed by atoms with Crippen molar-refractivity contribution >= 4 is 17.6 Å². The van der Waals surface area contributed by atoms with Crippen LogP contribution in [0, 0.1) is 5.41 Å². The first-order chi connectivity index (χ1) is 8.75. The normalized spacial score (nSPS) is 17.6. The second kappa shape index (κ2) is 4.36. The number of hydrogen-bond donors (Lipinski definition) is 2. The largest absolute Gasteiger partial charge is 0.479 e. The molecule has 2 rings (SSSR count). The van der Waals surface area contributed by atoms with Crippen molar-refractivity contribution in [3.05, 3.63) is 12.4 Å². The van der Waals surface area contributed by atoms with E-state index in [1.807, 2.05) is 6.92 Å². The lowest BCUT2D eigenvalue weighted by molar-refractivity contribution is -0.146. The number of rotatable bonds is 4. The molecule has 1 aromatic rings. The van der Waals surface area contributed by atoms with E-state index in [4.69, 9.17) is 5.11 Å². The first kappa shape index (κ1) is 13.6. The lowest BCUT2D eigenvalue weighted by atomic mass is 9.70. The summed E-state index contributed by atoms with van der Waals surface area (Å²) in [6.45, 7) is 5.06. The number of hydrogen-bond acceptors (Lipinski definition) is 3. The van der Waals surface area contributed by atoms with E-state index in [2.05, 4.69) is 10.4 Å². The fourth-order valence-corrected chi connectivity index (χ4v) is 2.01. The van der Waals surface area contributed by atoms with Crippen molar-refractivity contribution in [1.82, 2.24) is 9.78 Å². The minimum atomic E-state index is -1.14. The van der Waals surface area contributed by atoms with Crippen molar-refractivity contribution in [3.63, 3.8) is 0 Å². The summed E-state index contributed by atoms with van der Waals surface area (Å²) in [6, 6.07) is 0. The average Bonchev–Trinajstić information content (AvgIpc) is 2.74. The van der Waals surface area contributed by atoms with Crippen molar-refractivity contribution in [1.29, 1.82) is 0 Å². The minimum Gasteiger partial charge on any atom is -0.479 e. The molecule has 1 aromatic heterocycles. The monoisotopic (exact) mass is 265 g/mol. The second-order valence-corrected chi connectivity index (χ2v) is 5.91. The van der Waals surface area contributed by atoms with Crippen LogP contribution in [0.2, 0.25) is 0 Å². The maximum Gasteiger partial charge on any atom is 0.331 e. The zero-order valence-corrected chi connectivity index (χ0v) is 11.4. The van der Waals surface area contributed by atoms with Crippen LogP contribution in [0.5, 0.6) is 0 Å². The van der Waals surface area contributed by atoms with E-state index in [9.17, 15) is 9.59 Å². The van der Waals surface area contributed by atoms with Crippen LogP contribution < -0.4 is 5.32 Å². The van der Waals surface area contributed by atoms with Gasteiger partial charge in [0.05, 0.1) is 11.9 Å². The zero-order valence-electron chi connectivity index (χ0n) is 11.4. The minimum absolute atomic E-state index is 0.0218. The second-order valence-electron chi connectivity index (χ2n) is 5.91. The molecule has 1 aliphatic carbocycles. The fourth-order valence-electron chi connectivity index (χ4n) is 2.01. The number of nitrogens with one attached hydrogen (secondary N) is 1. The Hall–Kier alpha value is -1.85. The smallest absolute Gasteiger partial charge is 0.331 e. The Morgan fingerprint density at radius 2 is 2.11 bits per heavy atom. The summed E-state index contributed by atoms with van der Waals surface area (Å²) < 4.78 is 1.34. The van der Waals surface area contributed by atoms with Gasteiger partial charge in [-0.1, -0.05) is 13.3 Å². The highest BCUT2D eigenvalue weighted by molar-refractivity contribution is 5.95. The zero-order chi connectivity index (χ0) is 14.3. The SMILES string of the molecule is CC1(C(=O)Nc2cnn(C(C)(C)C(=O)O)c2)CCC1. The summed E-state index contributed by atoms with van der Waals surface area (Å²) in [6.07, 6.45) is 5.90. The van der Waals surface area contributed by atoms with Gasteiger partial charge in [0.25, 0.3) is 0 Å². The molecule has 1 heterocycles. The molecule has 0 aliphatic heterocycles. The number of aliphatic carboxylic acids is 1. The van der Waals surface area contributed by atoms with E-state index in [-0.39, 0.29) is 11.3 Å². The number of carbonyl (C=O) groups is 2. The van der Waals surface area contributed by atoms with Crippen LogP contribution in [-0.4, -0.2) is 26.8 Å². The van der Waals surface area contributed by atoms with Crippen LogP contribution in [0.4, 0.5) is 5.69 Å². The van der Waals surface area contributed by atoms with Crippen LogP contribution in [0.25, 0.3) is 0 Å². The van der Waals surface area contributed by atoms with Crippen LogP contribution >= 0.6 is 0 Å². The molecule has 0 unspecified atom stereocenters. The topological polar surface area (TPSA) is 84.2 Å². The third-order valence-electron chi connectivity index (χ3n) is 3.94. The van der Waals surface area contributed by atoms with E-state index < -0.39 is 11.5 Å². The molecular weight excluding hydrogens is 246 g/mol.